The molecule has 2 rings (SSSR count). The maximum Gasteiger partial charge on any atom is 0.338 e. The number of hydrogen-bond acceptors (Lipinski definition) is 5. The molecule has 0 aromatic heterocycles. The Morgan fingerprint density at radius 3 is 2.27 bits per heavy atom. The van der Waals surface area contributed by atoms with E-state index in [4.69, 9.17) is 14.2 Å². The minimum Gasteiger partial charge on any atom is -0.490 e. The first-order chi connectivity index (χ1) is 12.5. The van der Waals surface area contributed by atoms with Crippen LogP contribution in [0, 0.1) is 0 Å². The van der Waals surface area contributed by atoms with Crippen LogP contribution in [0.15, 0.2) is 46.9 Å². The first-order valence-corrected chi connectivity index (χ1v) is 8.95. The molecule has 0 fully saturated rings. The molecule has 2 aromatic carbocycles. The van der Waals surface area contributed by atoms with Gasteiger partial charge in [-0.25, -0.2) is 4.79 Å². The van der Waals surface area contributed by atoms with Gasteiger partial charge in [0.2, 0.25) is 0 Å². The van der Waals surface area contributed by atoms with Gasteiger partial charge in [-0.1, -0.05) is 15.9 Å². The van der Waals surface area contributed by atoms with Crippen LogP contribution in [0.4, 0.5) is 5.69 Å². The van der Waals surface area contributed by atoms with Crippen molar-refractivity contribution in [2.45, 2.75) is 13.8 Å². The lowest BCUT2D eigenvalue weighted by atomic mass is 10.2. The number of nitrogens with one attached hydrogen (secondary N) is 1. The van der Waals surface area contributed by atoms with Crippen LogP contribution < -0.4 is 14.8 Å². The predicted molar refractivity (Wildman–Crippen MR) is 102 cm³/mol. The van der Waals surface area contributed by atoms with Crippen LogP contribution in [0.2, 0.25) is 0 Å². The zero-order valence-corrected chi connectivity index (χ0v) is 16.2. The number of benzene rings is 2. The van der Waals surface area contributed by atoms with Crippen molar-refractivity contribution >= 4 is 33.5 Å². The van der Waals surface area contributed by atoms with Crippen LogP contribution in [0.1, 0.15) is 24.2 Å². The van der Waals surface area contributed by atoms with Crippen LogP contribution >= 0.6 is 15.9 Å². The minimum atomic E-state index is -0.561. The molecule has 0 heterocycles. The Bertz CT molecular complexity index is 761. The minimum absolute atomic E-state index is 0.376. The first-order valence-electron chi connectivity index (χ1n) is 8.15. The molecule has 0 aliphatic heterocycles. The Balaban J connectivity index is 1.93. The lowest BCUT2D eigenvalue weighted by molar-refractivity contribution is -0.119. The second-order valence-electron chi connectivity index (χ2n) is 5.16. The van der Waals surface area contributed by atoms with Crippen molar-refractivity contribution in [2.24, 2.45) is 0 Å². The van der Waals surface area contributed by atoms with Crippen molar-refractivity contribution in [3.63, 3.8) is 0 Å². The summed E-state index contributed by atoms with van der Waals surface area (Å²) in [5, 5.41) is 2.67. The number of esters is 1. The molecule has 0 saturated carbocycles. The van der Waals surface area contributed by atoms with Gasteiger partial charge < -0.3 is 19.5 Å². The van der Waals surface area contributed by atoms with Gasteiger partial charge in [-0.15, -0.1) is 0 Å². The molecular formula is C19H20BrNO5. The van der Waals surface area contributed by atoms with Gasteiger partial charge >= 0.3 is 5.97 Å². The number of anilines is 1. The highest BCUT2D eigenvalue weighted by atomic mass is 79.9. The number of amides is 1. The molecule has 26 heavy (non-hydrogen) atoms. The molecule has 1 amide bonds. The van der Waals surface area contributed by atoms with Gasteiger partial charge in [0.25, 0.3) is 5.91 Å². The van der Waals surface area contributed by atoms with E-state index in [1.807, 2.05) is 13.8 Å². The average Bonchev–Trinajstić information content (AvgIpc) is 2.63. The van der Waals surface area contributed by atoms with Gasteiger partial charge in [0.15, 0.2) is 18.1 Å². The van der Waals surface area contributed by atoms with E-state index in [9.17, 15) is 9.59 Å². The molecule has 7 heteroatoms. The number of carbonyl (C=O) groups excluding carboxylic acids is 2. The summed E-state index contributed by atoms with van der Waals surface area (Å²) in [5.74, 6) is 0.143. The lowest BCUT2D eigenvalue weighted by Gasteiger charge is -2.13. The van der Waals surface area contributed by atoms with Crippen LogP contribution in [-0.2, 0) is 9.53 Å². The van der Waals surface area contributed by atoms with Crippen LogP contribution in [0.3, 0.4) is 0 Å². The molecule has 138 valence electrons. The van der Waals surface area contributed by atoms with Crippen molar-refractivity contribution in [3.8, 4) is 11.5 Å². The molecule has 0 radical (unpaired) electrons. The number of ether oxygens (including phenoxy) is 3. The third kappa shape index (κ3) is 5.77. The molecule has 0 aliphatic rings. The summed E-state index contributed by atoms with van der Waals surface area (Å²) in [4.78, 5) is 23.9. The highest BCUT2D eigenvalue weighted by Gasteiger charge is 2.12. The van der Waals surface area contributed by atoms with Crippen molar-refractivity contribution in [1.82, 2.24) is 0 Å². The van der Waals surface area contributed by atoms with Gasteiger partial charge in [-0.05, 0) is 50.2 Å². The van der Waals surface area contributed by atoms with E-state index >= 15 is 0 Å². The molecule has 0 spiro atoms. The molecule has 0 atom stereocenters. The zero-order valence-electron chi connectivity index (χ0n) is 14.6. The number of rotatable bonds is 8. The predicted octanol–water partition coefficient (Wildman–Crippen LogP) is 4.04. The summed E-state index contributed by atoms with van der Waals surface area (Å²) in [5.41, 5.74) is 0.905. The molecule has 2 aromatic rings. The quantitative estimate of drug-likeness (QED) is 0.650. The Morgan fingerprint density at radius 1 is 0.962 bits per heavy atom. The largest absolute Gasteiger partial charge is 0.490 e. The van der Waals surface area contributed by atoms with E-state index in [2.05, 4.69) is 21.2 Å². The van der Waals surface area contributed by atoms with Gasteiger partial charge in [0, 0.05) is 16.2 Å². The summed E-state index contributed by atoms with van der Waals surface area (Å²) in [6.07, 6.45) is 0. The van der Waals surface area contributed by atoms with Crippen molar-refractivity contribution in [2.75, 3.05) is 25.1 Å². The summed E-state index contributed by atoms with van der Waals surface area (Å²) in [6, 6.07) is 11.8. The Kier molecular flexibility index (Phi) is 7.47. The lowest BCUT2D eigenvalue weighted by Crippen LogP contribution is -2.21. The first kappa shape index (κ1) is 19.8. The fourth-order valence-corrected chi connectivity index (χ4v) is 2.39. The topological polar surface area (TPSA) is 73.9 Å². The van der Waals surface area contributed by atoms with Crippen LogP contribution in [0.5, 0.6) is 11.5 Å². The van der Waals surface area contributed by atoms with Gasteiger partial charge in [0.1, 0.15) is 0 Å². The zero-order chi connectivity index (χ0) is 18.9. The smallest absolute Gasteiger partial charge is 0.338 e. The molecule has 0 bridgehead atoms. The van der Waals surface area contributed by atoms with Crippen molar-refractivity contribution in [1.29, 1.82) is 0 Å². The van der Waals surface area contributed by atoms with E-state index in [1.165, 1.54) is 0 Å². The average molecular weight is 422 g/mol. The maximum absolute atomic E-state index is 12.0. The molecule has 6 nitrogen and oxygen atoms in total. The van der Waals surface area contributed by atoms with Crippen LogP contribution in [-0.4, -0.2) is 31.7 Å². The highest BCUT2D eigenvalue weighted by Crippen LogP contribution is 2.30. The summed E-state index contributed by atoms with van der Waals surface area (Å²) in [6.45, 7) is 4.35. The Hall–Kier alpha value is -2.54. The monoisotopic (exact) mass is 421 g/mol. The Morgan fingerprint density at radius 2 is 1.62 bits per heavy atom. The van der Waals surface area contributed by atoms with E-state index in [1.54, 1.807) is 42.5 Å². The van der Waals surface area contributed by atoms with Crippen molar-refractivity contribution in [3.05, 3.63) is 52.5 Å². The molecule has 0 saturated heterocycles. The summed E-state index contributed by atoms with van der Waals surface area (Å²) in [7, 11) is 0. The SMILES string of the molecule is CCOc1ccc(NC(=O)COC(=O)c2ccc(Br)cc2)cc1OCC. The number of hydrogen-bond donors (Lipinski definition) is 1. The second kappa shape index (κ2) is 9.82. The van der Waals surface area contributed by atoms with Gasteiger partial charge in [0.05, 0.1) is 18.8 Å². The molecule has 0 aliphatic carbocycles. The number of carbonyl (C=O) groups is 2. The summed E-state index contributed by atoms with van der Waals surface area (Å²) < 4.78 is 16.9. The normalized spacial score (nSPS) is 10.1. The third-order valence-electron chi connectivity index (χ3n) is 3.24. The second-order valence-corrected chi connectivity index (χ2v) is 6.07. The number of halogens is 1. The third-order valence-corrected chi connectivity index (χ3v) is 3.77. The fraction of sp³-hybridized carbons (Fsp3) is 0.263. The maximum atomic E-state index is 12.0. The fourth-order valence-electron chi connectivity index (χ4n) is 2.13. The Labute approximate surface area is 160 Å². The molecule has 1 N–H and O–H groups in total. The van der Waals surface area contributed by atoms with E-state index < -0.39 is 11.9 Å². The highest BCUT2D eigenvalue weighted by molar-refractivity contribution is 9.10. The standard InChI is InChI=1S/C19H20BrNO5/c1-3-24-16-10-9-15(11-17(16)25-4-2)21-18(22)12-26-19(23)13-5-7-14(20)8-6-13/h5-11H,3-4,12H2,1-2H3,(H,21,22). The van der Waals surface area contributed by atoms with Gasteiger partial charge in [-0.3, -0.25) is 4.79 Å². The van der Waals surface area contributed by atoms with Crippen molar-refractivity contribution < 1.29 is 23.8 Å². The van der Waals surface area contributed by atoms with Crippen LogP contribution in [0.25, 0.3) is 0 Å². The van der Waals surface area contributed by atoms with E-state index in [0.29, 0.717) is 36.0 Å². The van der Waals surface area contributed by atoms with Gasteiger partial charge in [-0.2, -0.15) is 0 Å². The van der Waals surface area contributed by atoms with E-state index in [-0.39, 0.29) is 6.61 Å². The summed E-state index contributed by atoms with van der Waals surface area (Å²) >= 11 is 3.29. The molecular weight excluding hydrogens is 402 g/mol. The molecule has 0 unspecified atom stereocenters. The van der Waals surface area contributed by atoms with E-state index in [0.717, 1.165) is 4.47 Å².